The summed E-state index contributed by atoms with van der Waals surface area (Å²) >= 11 is 0. The molecule has 8 heteroatoms. The highest BCUT2D eigenvalue weighted by Gasteiger charge is 2.38. The van der Waals surface area contributed by atoms with Gasteiger partial charge in [0.05, 0.1) is 17.1 Å². The molecule has 1 fully saturated rings. The molecule has 0 aliphatic heterocycles. The van der Waals surface area contributed by atoms with E-state index in [9.17, 15) is 13.2 Å². The molecule has 0 heterocycles. The highest BCUT2D eigenvalue weighted by Crippen LogP contribution is 2.36. The zero-order valence-corrected chi connectivity index (χ0v) is 14.9. The van der Waals surface area contributed by atoms with Crippen LogP contribution in [-0.2, 0) is 14.8 Å². The van der Waals surface area contributed by atoms with Crippen LogP contribution >= 0.6 is 12.4 Å². The Morgan fingerprint density at radius 3 is 2.35 bits per heavy atom. The maximum Gasteiger partial charge on any atom is 0.338 e. The molecular weight excluding hydrogens is 340 g/mol. The normalized spacial score (nSPS) is 15.8. The minimum absolute atomic E-state index is 0. The van der Waals surface area contributed by atoms with Gasteiger partial charge in [-0.15, -0.1) is 12.4 Å². The van der Waals surface area contributed by atoms with Crippen molar-refractivity contribution in [1.29, 1.82) is 0 Å². The highest BCUT2D eigenvalue weighted by atomic mass is 35.5. The van der Waals surface area contributed by atoms with E-state index in [1.807, 2.05) is 0 Å². The minimum Gasteiger partial charge on any atom is -0.462 e. The lowest BCUT2D eigenvalue weighted by atomic mass is 10.2. The summed E-state index contributed by atoms with van der Waals surface area (Å²) in [6.07, 6.45) is 2.03. The van der Waals surface area contributed by atoms with Crippen molar-refractivity contribution in [3.63, 3.8) is 0 Å². The van der Waals surface area contributed by atoms with Crippen LogP contribution in [0.3, 0.4) is 0 Å². The number of nitrogens with zero attached hydrogens (tertiary/aromatic N) is 1. The van der Waals surface area contributed by atoms with Crippen molar-refractivity contribution in [3.05, 3.63) is 29.8 Å². The number of rotatable bonds is 7. The summed E-state index contributed by atoms with van der Waals surface area (Å²) in [5.41, 5.74) is 6.05. The van der Waals surface area contributed by atoms with E-state index in [4.69, 9.17) is 10.5 Å². The standard InChI is InChI=1S/C15H22N2O4S.ClH/c1-3-21-15(18)12-6-8-13(9-7-12)22(19,20)17(2)14(10-16)11-4-5-11;/h6-9,11,14H,3-5,10,16H2,1-2H3;1H. The number of benzene rings is 1. The number of esters is 1. The largest absolute Gasteiger partial charge is 0.462 e. The lowest BCUT2D eigenvalue weighted by molar-refractivity contribution is 0.0526. The van der Waals surface area contributed by atoms with Gasteiger partial charge in [-0.2, -0.15) is 4.31 Å². The fraction of sp³-hybridized carbons (Fsp3) is 0.533. The van der Waals surface area contributed by atoms with Crippen molar-refractivity contribution in [2.24, 2.45) is 11.7 Å². The molecule has 0 aromatic heterocycles. The zero-order chi connectivity index (χ0) is 16.3. The van der Waals surface area contributed by atoms with Crippen LogP contribution in [-0.4, -0.2) is 44.9 Å². The third-order valence-electron chi connectivity index (χ3n) is 3.92. The fourth-order valence-electron chi connectivity index (χ4n) is 2.44. The van der Waals surface area contributed by atoms with Gasteiger partial charge >= 0.3 is 5.97 Å². The molecule has 0 saturated heterocycles. The molecule has 0 amide bonds. The second-order valence-electron chi connectivity index (χ2n) is 5.41. The monoisotopic (exact) mass is 362 g/mol. The van der Waals surface area contributed by atoms with Crippen LogP contribution in [0.25, 0.3) is 0 Å². The number of carbonyl (C=O) groups excluding carboxylic acids is 1. The van der Waals surface area contributed by atoms with E-state index in [2.05, 4.69) is 0 Å². The van der Waals surface area contributed by atoms with Crippen molar-refractivity contribution >= 4 is 28.4 Å². The average Bonchev–Trinajstić information content (AvgIpc) is 3.33. The van der Waals surface area contributed by atoms with Crippen molar-refractivity contribution < 1.29 is 17.9 Å². The topological polar surface area (TPSA) is 89.7 Å². The molecule has 0 spiro atoms. The Balaban J connectivity index is 0.00000264. The third kappa shape index (κ3) is 4.44. The molecule has 0 radical (unpaired) electrons. The van der Waals surface area contributed by atoms with E-state index in [1.165, 1.54) is 28.6 Å². The molecule has 130 valence electrons. The second kappa shape index (κ2) is 8.10. The number of halogens is 1. The van der Waals surface area contributed by atoms with Crippen LogP contribution in [0.5, 0.6) is 0 Å². The Hall–Kier alpha value is -1.15. The van der Waals surface area contributed by atoms with Gasteiger partial charge in [0.2, 0.25) is 10.0 Å². The predicted molar refractivity (Wildman–Crippen MR) is 90.2 cm³/mol. The Labute approximate surface area is 143 Å². The van der Waals surface area contributed by atoms with Gasteiger partial charge in [-0.25, -0.2) is 13.2 Å². The molecule has 1 atom stereocenters. The molecule has 2 rings (SSSR count). The van der Waals surface area contributed by atoms with E-state index in [1.54, 1.807) is 14.0 Å². The molecule has 1 unspecified atom stereocenters. The first-order valence-electron chi connectivity index (χ1n) is 7.37. The molecule has 1 aromatic carbocycles. The Bertz CT molecular complexity index is 629. The van der Waals surface area contributed by atoms with Crippen molar-refractivity contribution in [1.82, 2.24) is 4.31 Å². The average molecular weight is 363 g/mol. The molecule has 0 bridgehead atoms. The summed E-state index contributed by atoms with van der Waals surface area (Å²) < 4.78 is 31.5. The fourth-order valence-corrected chi connectivity index (χ4v) is 3.87. The molecular formula is C15H23ClN2O4S. The molecule has 1 aliphatic rings. The smallest absolute Gasteiger partial charge is 0.338 e. The van der Waals surface area contributed by atoms with E-state index in [0.29, 0.717) is 18.0 Å². The van der Waals surface area contributed by atoms with Crippen LogP contribution in [0, 0.1) is 5.92 Å². The van der Waals surface area contributed by atoms with Crippen molar-refractivity contribution in [2.75, 3.05) is 20.2 Å². The number of hydrogen-bond donors (Lipinski definition) is 1. The van der Waals surface area contributed by atoms with E-state index in [-0.39, 0.29) is 30.0 Å². The minimum atomic E-state index is -3.61. The van der Waals surface area contributed by atoms with Gasteiger partial charge in [0.25, 0.3) is 0 Å². The van der Waals surface area contributed by atoms with E-state index in [0.717, 1.165) is 12.8 Å². The molecule has 1 aromatic rings. The third-order valence-corrected chi connectivity index (χ3v) is 5.81. The lowest BCUT2D eigenvalue weighted by Crippen LogP contribution is -2.43. The Kier molecular flexibility index (Phi) is 7.01. The maximum atomic E-state index is 12.6. The number of ether oxygens (including phenoxy) is 1. The molecule has 1 saturated carbocycles. The van der Waals surface area contributed by atoms with Gasteiger partial charge in [0, 0.05) is 19.6 Å². The molecule has 2 N–H and O–H groups in total. The number of sulfonamides is 1. The number of hydrogen-bond acceptors (Lipinski definition) is 5. The molecule has 6 nitrogen and oxygen atoms in total. The summed E-state index contributed by atoms with van der Waals surface area (Å²) in [5.74, 6) is -0.110. The van der Waals surface area contributed by atoms with E-state index >= 15 is 0 Å². The van der Waals surface area contributed by atoms with Gasteiger partial charge in [-0.3, -0.25) is 0 Å². The lowest BCUT2D eigenvalue weighted by Gasteiger charge is -2.26. The Morgan fingerprint density at radius 1 is 1.35 bits per heavy atom. The van der Waals surface area contributed by atoms with Crippen LogP contribution in [0.4, 0.5) is 0 Å². The zero-order valence-electron chi connectivity index (χ0n) is 13.3. The summed E-state index contributed by atoms with van der Waals surface area (Å²) in [6.45, 7) is 2.30. The highest BCUT2D eigenvalue weighted by molar-refractivity contribution is 7.89. The quantitative estimate of drug-likeness (QED) is 0.745. The first-order valence-corrected chi connectivity index (χ1v) is 8.81. The summed E-state index contributed by atoms with van der Waals surface area (Å²) in [4.78, 5) is 11.7. The van der Waals surface area contributed by atoms with Gasteiger partial charge in [0.15, 0.2) is 0 Å². The van der Waals surface area contributed by atoms with Gasteiger partial charge in [-0.1, -0.05) is 0 Å². The maximum absolute atomic E-state index is 12.6. The molecule has 1 aliphatic carbocycles. The van der Waals surface area contributed by atoms with Crippen LogP contribution in [0.1, 0.15) is 30.1 Å². The van der Waals surface area contributed by atoms with Gasteiger partial charge in [-0.05, 0) is 49.9 Å². The Morgan fingerprint density at radius 2 is 1.91 bits per heavy atom. The summed E-state index contributed by atoms with van der Waals surface area (Å²) in [5, 5.41) is 0. The van der Waals surface area contributed by atoms with Crippen LogP contribution in [0.2, 0.25) is 0 Å². The first kappa shape index (κ1) is 19.9. The summed E-state index contributed by atoms with van der Waals surface area (Å²) in [7, 11) is -2.05. The van der Waals surface area contributed by atoms with Gasteiger partial charge < -0.3 is 10.5 Å². The number of nitrogens with two attached hydrogens (primary N) is 1. The number of carbonyl (C=O) groups is 1. The molecule has 23 heavy (non-hydrogen) atoms. The summed E-state index contributed by atoms with van der Waals surface area (Å²) in [6, 6.07) is 5.62. The number of likely N-dealkylation sites (N-methyl/N-ethyl adjacent to an activating group) is 1. The predicted octanol–water partition coefficient (Wildman–Crippen LogP) is 1.64. The van der Waals surface area contributed by atoms with Crippen molar-refractivity contribution in [3.8, 4) is 0 Å². The second-order valence-corrected chi connectivity index (χ2v) is 7.40. The van der Waals surface area contributed by atoms with Crippen molar-refractivity contribution in [2.45, 2.75) is 30.7 Å². The van der Waals surface area contributed by atoms with E-state index < -0.39 is 16.0 Å². The SMILES string of the molecule is CCOC(=O)c1ccc(S(=O)(=O)N(C)C(CN)C2CC2)cc1.Cl. The van der Waals surface area contributed by atoms with Gasteiger partial charge in [0.1, 0.15) is 0 Å². The van der Waals surface area contributed by atoms with Crippen LogP contribution < -0.4 is 5.73 Å². The van der Waals surface area contributed by atoms with Crippen LogP contribution in [0.15, 0.2) is 29.2 Å². The first-order chi connectivity index (χ1) is 10.4.